The van der Waals surface area contributed by atoms with Crippen LogP contribution in [-0.2, 0) is 17.9 Å². The van der Waals surface area contributed by atoms with Crippen LogP contribution in [0.15, 0.2) is 72.1 Å². The fourth-order valence-corrected chi connectivity index (χ4v) is 6.07. The fraction of sp³-hybridized carbons (Fsp3) is 0.306. The Balaban J connectivity index is 1.07. The molecule has 3 heterocycles. The van der Waals surface area contributed by atoms with Crippen molar-refractivity contribution in [3.05, 3.63) is 88.8 Å². The molecule has 0 fully saturated rings. The second-order valence-corrected chi connectivity index (χ2v) is 12.0. The van der Waals surface area contributed by atoms with Crippen molar-refractivity contribution in [3.63, 3.8) is 0 Å². The van der Waals surface area contributed by atoms with Gasteiger partial charge in [0.1, 0.15) is 12.3 Å². The maximum atomic E-state index is 12.7. The molecule has 1 unspecified atom stereocenters. The van der Waals surface area contributed by atoms with Crippen molar-refractivity contribution in [3.8, 4) is 28.7 Å². The molecule has 1 aliphatic rings. The lowest BCUT2D eigenvalue weighted by Crippen LogP contribution is -2.24. The first-order chi connectivity index (χ1) is 24.3. The molecular weight excluding hydrogens is 662 g/mol. The number of anilines is 1. The van der Waals surface area contributed by atoms with Crippen LogP contribution in [0.4, 0.5) is 5.69 Å². The third-order valence-corrected chi connectivity index (χ3v) is 8.58. The highest BCUT2D eigenvalue weighted by Crippen LogP contribution is 2.43. The predicted octanol–water partition coefficient (Wildman–Crippen LogP) is 6.29. The van der Waals surface area contributed by atoms with E-state index in [2.05, 4.69) is 20.6 Å². The lowest BCUT2D eigenvalue weighted by molar-refractivity contribution is -0.130. The van der Waals surface area contributed by atoms with Crippen molar-refractivity contribution >= 4 is 39.8 Å². The Labute approximate surface area is 294 Å². The third kappa shape index (κ3) is 7.37. The molecule has 0 bridgehead atoms. The van der Waals surface area contributed by atoms with Gasteiger partial charge in [0.25, 0.3) is 0 Å². The predicted molar refractivity (Wildman–Crippen MR) is 190 cm³/mol. The Morgan fingerprint density at radius 1 is 0.940 bits per heavy atom. The number of pyridine rings is 1. The molecule has 1 N–H and O–H groups in total. The van der Waals surface area contributed by atoms with Crippen molar-refractivity contribution in [1.82, 2.24) is 25.0 Å². The van der Waals surface area contributed by atoms with Crippen molar-refractivity contribution in [1.29, 1.82) is 0 Å². The van der Waals surface area contributed by atoms with Gasteiger partial charge in [-0.1, -0.05) is 16.8 Å². The second kappa shape index (κ2) is 15.3. The van der Waals surface area contributed by atoms with E-state index in [4.69, 9.17) is 40.4 Å². The van der Waals surface area contributed by atoms with E-state index < -0.39 is 0 Å². The lowest BCUT2D eigenvalue weighted by atomic mass is 9.97. The van der Waals surface area contributed by atoms with Gasteiger partial charge in [0.15, 0.2) is 23.0 Å². The quantitative estimate of drug-likeness (QED) is 0.132. The zero-order valence-electron chi connectivity index (χ0n) is 28.5. The number of nitrogens with one attached hydrogen (secondary N) is 1. The summed E-state index contributed by atoms with van der Waals surface area (Å²) in [5.74, 6) is 2.36. The van der Waals surface area contributed by atoms with Gasteiger partial charge in [-0.25, -0.2) is 5.01 Å². The van der Waals surface area contributed by atoms with E-state index in [0.29, 0.717) is 52.4 Å². The van der Waals surface area contributed by atoms with E-state index in [-0.39, 0.29) is 18.6 Å². The van der Waals surface area contributed by atoms with E-state index >= 15 is 0 Å². The summed E-state index contributed by atoms with van der Waals surface area (Å²) in [6.07, 6.45) is 4.95. The Kier molecular flexibility index (Phi) is 10.5. The Hall–Kier alpha value is -5.56. The number of halogens is 1. The number of ether oxygens (including phenoxy) is 5. The first-order valence-electron chi connectivity index (χ1n) is 16.0. The number of hydrogen-bond acceptors (Lipinski definition) is 11. The number of amides is 1. The maximum absolute atomic E-state index is 12.7. The number of hydrogen-bond donors (Lipinski definition) is 1. The molecule has 1 amide bonds. The number of carbonyl (C=O) groups excluding carboxylic acids is 1. The first kappa shape index (κ1) is 34.3. The average molecular weight is 700 g/mol. The van der Waals surface area contributed by atoms with E-state index in [1.807, 2.05) is 60.8 Å². The highest BCUT2D eigenvalue weighted by atomic mass is 35.5. The number of aryl methyl sites for hydroxylation is 1. The molecule has 0 radical (unpaired) electrons. The number of methoxy groups -OCH3 is 4. The number of nitrogens with zero attached hydrogens (tertiary/aromatic N) is 6. The summed E-state index contributed by atoms with van der Waals surface area (Å²) in [6.45, 7) is 3.13. The van der Waals surface area contributed by atoms with Crippen molar-refractivity contribution in [2.75, 3.05) is 40.3 Å². The number of fused-ring (bicyclic) bond motifs is 1. The van der Waals surface area contributed by atoms with Gasteiger partial charge < -0.3 is 29.0 Å². The van der Waals surface area contributed by atoms with Gasteiger partial charge in [0.05, 0.1) is 51.9 Å². The second-order valence-electron chi connectivity index (χ2n) is 11.5. The van der Waals surface area contributed by atoms with Crippen molar-refractivity contribution in [2.45, 2.75) is 39.0 Å². The van der Waals surface area contributed by atoms with Crippen LogP contribution in [0, 0.1) is 0 Å². The minimum atomic E-state index is -0.369. The van der Waals surface area contributed by atoms with Crippen LogP contribution in [0.25, 0.3) is 10.9 Å². The summed E-state index contributed by atoms with van der Waals surface area (Å²) < 4.78 is 30.1. The van der Waals surface area contributed by atoms with Crippen LogP contribution in [0.2, 0.25) is 5.02 Å². The molecule has 50 heavy (non-hydrogen) atoms. The largest absolute Gasteiger partial charge is 0.493 e. The summed E-state index contributed by atoms with van der Waals surface area (Å²) in [7, 11) is 6.24. The zero-order valence-corrected chi connectivity index (χ0v) is 29.2. The molecule has 13 nitrogen and oxygen atoms in total. The average Bonchev–Trinajstić information content (AvgIpc) is 3.79. The minimum absolute atomic E-state index is 0.192. The molecule has 0 saturated carbocycles. The molecule has 0 aliphatic carbocycles. The van der Waals surface area contributed by atoms with E-state index in [0.717, 1.165) is 46.4 Å². The Morgan fingerprint density at radius 3 is 2.44 bits per heavy atom. The summed E-state index contributed by atoms with van der Waals surface area (Å²) >= 11 is 6.11. The number of rotatable bonds is 14. The van der Waals surface area contributed by atoms with Crippen molar-refractivity contribution < 1.29 is 28.5 Å². The molecule has 14 heteroatoms. The highest BCUT2D eigenvalue weighted by Gasteiger charge is 2.33. The molecule has 6 rings (SSSR count). The summed E-state index contributed by atoms with van der Waals surface area (Å²) in [5.41, 5.74) is 4.88. The van der Waals surface area contributed by atoms with Crippen molar-refractivity contribution in [2.24, 2.45) is 5.10 Å². The molecular formula is C36H38ClN7O6. The number of aromatic nitrogens is 4. The number of benzene rings is 3. The van der Waals surface area contributed by atoms with Crippen LogP contribution in [0.1, 0.15) is 42.6 Å². The number of carbonyl (C=O) groups is 1. The SMILES string of the molecule is COc1cc(C2=NN(C(C)=O)C(c3cc(OC)c(OC)c(OC)c3)C2)ccc1OCc1cn(CCCNc2ccnc3cc(Cl)ccc23)nn1. The van der Waals surface area contributed by atoms with Crippen LogP contribution in [0.3, 0.4) is 0 Å². The van der Waals surface area contributed by atoms with Crippen LogP contribution in [0.5, 0.6) is 28.7 Å². The highest BCUT2D eigenvalue weighted by molar-refractivity contribution is 6.31. The molecule has 1 atom stereocenters. The minimum Gasteiger partial charge on any atom is -0.493 e. The monoisotopic (exact) mass is 699 g/mol. The van der Waals surface area contributed by atoms with Crippen LogP contribution in [-0.4, -0.2) is 71.6 Å². The van der Waals surface area contributed by atoms with Gasteiger partial charge in [0.2, 0.25) is 11.7 Å². The Morgan fingerprint density at radius 2 is 1.72 bits per heavy atom. The zero-order chi connectivity index (χ0) is 35.2. The third-order valence-electron chi connectivity index (χ3n) is 8.35. The standard InChI is InChI=1S/C36H38ClN7O6/c1-22(45)44-31(24-16-34(47-3)36(49-5)35(17-24)48-4)19-29(41-44)23-7-10-32(33(15-23)46-2)50-21-26-20-43(42-40-26)14-6-12-38-28-11-13-39-30-18-25(37)8-9-27(28)30/h7-11,13,15-18,20,31H,6,12,14,19,21H2,1-5H3,(H,38,39). The number of hydrazone groups is 1. The normalized spacial score (nSPS) is 14.0. The maximum Gasteiger partial charge on any atom is 0.240 e. The summed E-state index contributed by atoms with van der Waals surface area (Å²) in [4.78, 5) is 17.1. The topological polar surface area (TPSA) is 134 Å². The lowest BCUT2D eigenvalue weighted by Gasteiger charge is -2.22. The molecule has 260 valence electrons. The fourth-order valence-electron chi connectivity index (χ4n) is 5.90. The molecule has 3 aromatic carbocycles. The van der Waals surface area contributed by atoms with E-state index in [1.54, 1.807) is 39.3 Å². The van der Waals surface area contributed by atoms with Gasteiger partial charge in [-0.3, -0.25) is 14.5 Å². The summed E-state index contributed by atoms with van der Waals surface area (Å²) in [6, 6.07) is 16.5. The van der Waals surface area contributed by atoms with Gasteiger partial charge in [-0.2, -0.15) is 5.10 Å². The Bertz CT molecular complexity index is 2010. The van der Waals surface area contributed by atoms with Crippen LogP contribution < -0.4 is 29.0 Å². The molecule has 0 spiro atoms. The van der Waals surface area contributed by atoms with Gasteiger partial charge in [0, 0.05) is 54.3 Å². The summed E-state index contributed by atoms with van der Waals surface area (Å²) in [5, 5.41) is 19.9. The molecule has 0 saturated heterocycles. The smallest absolute Gasteiger partial charge is 0.240 e. The van der Waals surface area contributed by atoms with Gasteiger partial charge in [-0.05, 0) is 66.6 Å². The van der Waals surface area contributed by atoms with E-state index in [9.17, 15) is 4.79 Å². The molecule has 5 aromatic rings. The molecule has 1 aliphatic heterocycles. The van der Waals surface area contributed by atoms with Crippen LogP contribution >= 0.6 is 11.6 Å². The van der Waals surface area contributed by atoms with Gasteiger partial charge >= 0.3 is 0 Å². The van der Waals surface area contributed by atoms with E-state index in [1.165, 1.54) is 11.9 Å². The van der Waals surface area contributed by atoms with Gasteiger partial charge in [-0.15, -0.1) is 5.10 Å². The molecule has 2 aromatic heterocycles. The first-order valence-corrected chi connectivity index (χ1v) is 16.3.